The number of ether oxygens (including phenoxy) is 1. The molecule has 4 nitrogen and oxygen atoms in total. The van der Waals surface area contributed by atoms with Crippen LogP contribution in [-0.4, -0.2) is 23.3 Å². The number of carbonyl (C=O) groups excluding carboxylic acids is 1. The van der Waals surface area contributed by atoms with Gasteiger partial charge < -0.3 is 15.2 Å². The second-order valence-electron chi connectivity index (χ2n) is 6.45. The van der Waals surface area contributed by atoms with Crippen molar-refractivity contribution in [3.05, 3.63) is 71.8 Å². The van der Waals surface area contributed by atoms with E-state index in [1.54, 1.807) is 20.8 Å². The Morgan fingerprint density at radius 2 is 1.39 bits per heavy atom. The van der Waals surface area contributed by atoms with Crippen molar-refractivity contribution < 1.29 is 14.6 Å². The molecular weight excluding hydrogens is 290 g/mol. The highest BCUT2D eigenvalue weighted by Crippen LogP contribution is 2.28. The fourth-order valence-electron chi connectivity index (χ4n) is 2.31. The second kappa shape index (κ2) is 6.84. The molecule has 0 fully saturated rings. The molecular formula is C19H23NO3. The number of rotatable bonds is 4. The molecule has 2 aromatic rings. The third-order valence-corrected chi connectivity index (χ3v) is 3.39. The number of hydrogen-bond acceptors (Lipinski definition) is 3. The normalized spacial score (nSPS) is 11.8. The van der Waals surface area contributed by atoms with Crippen LogP contribution in [0.4, 0.5) is 4.79 Å². The summed E-state index contributed by atoms with van der Waals surface area (Å²) in [5.41, 5.74) is -0.481. The lowest BCUT2D eigenvalue weighted by Crippen LogP contribution is -2.43. The number of alkyl carbamates (subject to hydrolysis) is 1. The first kappa shape index (κ1) is 17.0. The standard InChI is InChI=1S/C19H23NO3/c1-18(2,3)23-17(21)20-14-19(22,15-10-6-4-7-11-15)16-12-8-5-9-13-16/h4-13,22H,14H2,1-3H3,(H,20,21). The molecule has 2 rings (SSSR count). The molecule has 2 N–H and O–H groups in total. The molecule has 122 valence electrons. The third kappa shape index (κ3) is 4.57. The van der Waals surface area contributed by atoms with Crippen LogP contribution in [0.2, 0.25) is 0 Å². The van der Waals surface area contributed by atoms with Gasteiger partial charge in [0.05, 0.1) is 6.54 Å². The van der Waals surface area contributed by atoms with Crippen LogP contribution >= 0.6 is 0 Å². The number of nitrogens with one attached hydrogen (secondary N) is 1. The molecule has 23 heavy (non-hydrogen) atoms. The minimum absolute atomic E-state index is 0.0237. The van der Waals surface area contributed by atoms with Gasteiger partial charge in [0.1, 0.15) is 11.2 Å². The second-order valence-corrected chi connectivity index (χ2v) is 6.45. The molecule has 0 heterocycles. The SMILES string of the molecule is CC(C)(C)OC(=O)NCC(O)(c1ccccc1)c1ccccc1. The molecule has 0 atom stereocenters. The molecule has 0 aliphatic rings. The average molecular weight is 313 g/mol. The van der Waals surface area contributed by atoms with Gasteiger partial charge in [-0.2, -0.15) is 0 Å². The number of hydrogen-bond donors (Lipinski definition) is 2. The summed E-state index contributed by atoms with van der Waals surface area (Å²) in [5.74, 6) is 0. The van der Waals surface area contributed by atoms with Gasteiger partial charge in [0.15, 0.2) is 0 Å². The first-order valence-electron chi connectivity index (χ1n) is 7.61. The number of amides is 1. The first-order chi connectivity index (χ1) is 10.8. The molecule has 0 aliphatic heterocycles. The third-order valence-electron chi connectivity index (χ3n) is 3.39. The van der Waals surface area contributed by atoms with Crippen LogP contribution in [0.3, 0.4) is 0 Å². The Morgan fingerprint density at radius 3 is 1.78 bits per heavy atom. The van der Waals surface area contributed by atoms with E-state index >= 15 is 0 Å². The number of aliphatic hydroxyl groups is 1. The van der Waals surface area contributed by atoms with Gasteiger partial charge in [-0.15, -0.1) is 0 Å². The Kier molecular flexibility index (Phi) is 5.06. The minimum atomic E-state index is -1.32. The van der Waals surface area contributed by atoms with E-state index in [4.69, 9.17) is 4.74 Å². The Balaban J connectivity index is 2.24. The quantitative estimate of drug-likeness (QED) is 0.909. The lowest BCUT2D eigenvalue weighted by Gasteiger charge is -2.30. The average Bonchev–Trinajstić information content (AvgIpc) is 2.53. The largest absolute Gasteiger partial charge is 0.444 e. The van der Waals surface area contributed by atoms with Gasteiger partial charge in [0, 0.05) is 0 Å². The minimum Gasteiger partial charge on any atom is -0.444 e. The van der Waals surface area contributed by atoms with Gasteiger partial charge in [0.25, 0.3) is 0 Å². The molecule has 1 amide bonds. The molecule has 0 bridgehead atoms. The molecule has 0 unspecified atom stereocenters. The summed E-state index contributed by atoms with van der Waals surface area (Å²) in [4.78, 5) is 11.9. The molecule has 4 heteroatoms. The van der Waals surface area contributed by atoms with E-state index in [0.717, 1.165) is 0 Å². The van der Waals surface area contributed by atoms with Crippen molar-refractivity contribution >= 4 is 6.09 Å². The number of benzene rings is 2. The van der Waals surface area contributed by atoms with Crippen molar-refractivity contribution in [2.45, 2.75) is 32.0 Å². The van der Waals surface area contributed by atoms with Gasteiger partial charge in [-0.1, -0.05) is 60.7 Å². The van der Waals surface area contributed by atoms with Crippen LogP contribution in [0, 0.1) is 0 Å². The zero-order chi connectivity index (χ0) is 16.9. The maximum atomic E-state index is 11.9. The van der Waals surface area contributed by atoms with Crippen LogP contribution in [0.25, 0.3) is 0 Å². The number of carbonyl (C=O) groups is 1. The van der Waals surface area contributed by atoms with Gasteiger partial charge in [-0.05, 0) is 31.9 Å². The van der Waals surface area contributed by atoms with E-state index in [9.17, 15) is 9.90 Å². The van der Waals surface area contributed by atoms with Gasteiger partial charge in [-0.3, -0.25) is 0 Å². The fraction of sp³-hybridized carbons (Fsp3) is 0.316. The Hall–Kier alpha value is -2.33. The predicted octanol–water partition coefficient (Wildman–Crippen LogP) is 3.45. The Bertz CT molecular complexity index is 593. The molecule has 2 aromatic carbocycles. The van der Waals surface area contributed by atoms with Crippen molar-refractivity contribution in [2.24, 2.45) is 0 Å². The summed E-state index contributed by atoms with van der Waals surface area (Å²) >= 11 is 0. The maximum Gasteiger partial charge on any atom is 0.407 e. The highest BCUT2D eigenvalue weighted by atomic mass is 16.6. The van der Waals surface area contributed by atoms with Crippen LogP contribution < -0.4 is 5.32 Å². The highest BCUT2D eigenvalue weighted by Gasteiger charge is 2.32. The summed E-state index contributed by atoms with van der Waals surface area (Å²) in [6, 6.07) is 18.5. The molecule has 0 saturated heterocycles. The van der Waals surface area contributed by atoms with E-state index in [1.807, 2.05) is 60.7 Å². The van der Waals surface area contributed by atoms with Crippen LogP contribution in [0.5, 0.6) is 0 Å². The van der Waals surface area contributed by atoms with Gasteiger partial charge in [0.2, 0.25) is 0 Å². The Labute approximate surface area is 137 Å². The lowest BCUT2D eigenvalue weighted by molar-refractivity contribution is 0.0393. The van der Waals surface area contributed by atoms with Crippen molar-refractivity contribution in [3.63, 3.8) is 0 Å². The smallest absolute Gasteiger partial charge is 0.407 e. The molecule has 0 saturated carbocycles. The topological polar surface area (TPSA) is 58.6 Å². The van der Waals surface area contributed by atoms with E-state index in [-0.39, 0.29) is 6.54 Å². The van der Waals surface area contributed by atoms with Gasteiger partial charge >= 0.3 is 6.09 Å². The summed E-state index contributed by atoms with van der Waals surface area (Å²) in [6.07, 6.45) is -0.553. The van der Waals surface area contributed by atoms with Crippen LogP contribution in [0.15, 0.2) is 60.7 Å². The van der Waals surface area contributed by atoms with E-state index in [2.05, 4.69) is 5.32 Å². The van der Waals surface area contributed by atoms with Crippen molar-refractivity contribution in [1.29, 1.82) is 0 Å². The van der Waals surface area contributed by atoms with Crippen molar-refractivity contribution in [1.82, 2.24) is 5.32 Å². The molecule has 0 radical (unpaired) electrons. The Morgan fingerprint density at radius 1 is 0.957 bits per heavy atom. The molecule has 0 aliphatic carbocycles. The zero-order valence-electron chi connectivity index (χ0n) is 13.7. The summed E-state index contributed by atoms with van der Waals surface area (Å²) in [7, 11) is 0. The predicted molar refractivity (Wildman–Crippen MR) is 90.1 cm³/mol. The van der Waals surface area contributed by atoms with E-state index in [0.29, 0.717) is 11.1 Å². The van der Waals surface area contributed by atoms with Crippen LogP contribution in [-0.2, 0) is 10.3 Å². The van der Waals surface area contributed by atoms with Gasteiger partial charge in [-0.25, -0.2) is 4.79 Å². The van der Waals surface area contributed by atoms with E-state index in [1.165, 1.54) is 0 Å². The monoisotopic (exact) mass is 313 g/mol. The highest BCUT2D eigenvalue weighted by molar-refractivity contribution is 5.68. The zero-order valence-corrected chi connectivity index (χ0v) is 13.7. The summed E-state index contributed by atoms with van der Waals surface area (Å²) < 4.78 is 5.24. The first-order valence-corrected chi connectivity index (χ1v) is 7.61. The molecule has 0 aromatic heterocycles. The lowest BCUT2D eigenvalue weighted by atomic mass is 9.86. The summed E-state index contributed by atoms with van der Waals surface area (Å²) in [6.45, 7) is 5.42. The van der Waals surface area contributed by atoms with Crippen LogP contribution in [0.1, 0.15) is 31.9 Å². The van der Waals surface area contributed by atoms with E-state index < -0.39 is 17.3 Å². The fourth-order valence-corrected chi connectivity index (χ4v) is 2.31. The maximum absolute atomic E-state index is 11.9. The van der Waals surface area contributed by atoms with Crippen molar-refractivity contribution in [3.8, 4) is 0 Å². The summed E-state index contributed by atoms with van der Waals surface area (Å²) in [5, 5.41) is 13.9. The molecule has 0 spiro atoms. The van der Waals surface area contributed by atoms with Crippen molar-refractivity contribution in [2.75, 3.05) is 6.54 Å².